The molecule has 3 amide bonds. The predicted molar refractivity (Wildman–Crippen MR) is 77.6 cm³/mol. The fourth-order valence-electron chi connectivity index (χ4n) is 1.40. The van der Waals surface area contributed by atoms with Crippen molar-refractivity contribution in [1.29, 1.82) is 0 Å². The van der Waals surface area contributed by atoms with Crippen molar-refractivity contribution in [2.75, 3.05) is 12.4 Å². The van der Waals surface area contributed by atoms with Gasteiger partial charge in [0, 0.05) is 17.7 Å². The molecule has 0 saturated carbocycles. The zero-order valence-corrected chi connectivity index (χ0v) is 12.3. The first-order valence-electron chi connectivity index (χ1n) is 6.52. The molecule has 8 nitrogen and oxygen atoms in total. The molecular weight excluding hydrogens is 290 g/mol. The van der Waals surface area contributed by atoms with Gasteiger partial charge in [0.05, 0.1) is 7.11 Å². The van der Waals surface area contributed by atoms with E-state index in [4.69, 9.17) is 0 Å². The molecule has 0 unspecified atom stereocenters. The molecular formula is C14H17N3O5. The van der Waals surface area contributed by atoms with E-state index in [1.165, 1.54) is 12.1 Å². The fraction of sp³-hybridized carbons (Fsp3) is 0.286. The lowest BCUT2D eigenvalue weighted by Gasteiger charge is -2.08. The molecule has 0 aromatic heterocycles. The minimum atomic E-state index is -0.706. The van der Waals surface area contributed by atoms with E-state index in [0.717, 1.165) is 7.11 Å². The first-order chi connectivity index (χ1) is 10.5. The molecule has 3 N–H and O–H groups in total. The van der Waals surface area contributed by atoms with Crippen molar-refractivity contribution in [2.24, 2.45) is 0 Å². The Labute approximate surface area is 127 Å². The van der Waals surface area contributed by atoms with Crippen molar-refractivity contribution < 1.29 is 23.9 Å². The largest absolute Gasteiger partial charge is 0.469 e. The van der Waals surface area contributed by atoms with Crippen LogP contribution in [0.2, 0.25) is 0 Å². The van der Waals surface area contributed by atoms with E-state index in [1.54, 1.807) is 19.1 Å². The molecule has 0 heterocycles. The molecule has 1 aromatic carbocycles. The molecule has 0 saturated heterocycles. The molecule has 0 bridgehead atoms. The number of methoxy groups -OCH3 is 1. The van der Waals surface area contributed by atoms with Gasteiger partial charge in [-0.15, -0.1) is 0 Å². The van der Waals surface area contributed by atoms with Gasteiger partial charge in [0.25, 0.3) is 5.91 Å². The predicted octanol–water partition coefficient (Wildman–Crippen LogP) is 0.359. The maximum absolute atomic E-state index is 11.8. The molecule has 0 fully saturated rings. The summed E-state index contributed by atoms with van der Waals surface area (Å²) in [4.78, 5) is 45.1. The molecule has 0 aliphatic carbocycles. The zero-order valence-electron chi connectivity index (χ0n) is 12.3. The van der Waals surface area contributed by atoms with Crippen molar-refractivity contribution >= 4 is 29.4 Å². The molecule has 1 aromatic rings. The highest BCUT2D eigenvalue weighted by molar-refractivity contribution is 5.98. The molecule has 1 rings (SSSR count). The second-order valence-corrected chi connectivity index (χ2v) is 4.23. The van der Waals surface area contributed by atoms with Crippen LogP contribution in [0.3, 0.4) is 0 Å². The summed E-state index contributed by atoms with van der Waals surface area (Å²) in [5.74, 6) is -2.08. The Hall–Kier alpha value is -2.90. The topological polar surface area (TPSA) is 114 Å². The van der Waals surface area contributed by atoms with E-state index in [9.17, 15) is 19.2 Å². The van der Waals surface area contributed by atoms with E-state index < -0.39 is 24.2 Å². The maximum Gasteiger partial charge on any atom is 0.315 e. The Bertz CT molecular complexity index is 568. The highest BCUT2D eigenvalue weighted by atomic mass is 16.5. The number of ether oxygens (including phenoxy) is 1. The SMILES string of the molecule is CCC(=O)Nc1ccc(C(=O)NNC(=O)CC(=O)OC)cc1. The standard InChI is InChI=1S/C14H17N3O5/c1-3-11(18)15-10-6-4-9(5-7-10)14(21)17-16-12(19)8-13(20)22-2/h4-7H,3,8H2,1-2H3,(H,15,18)(H,16,19)(H,17,21). The summed E-state index contributed by atoms with van der Waals surface area (Å²) in [6.07, 6.45) is -0.132. The van der Waals surface area contributed by atoms with Crippen LogP contribution in [0.5, 0.6) is 0 Å². The minimum absolute atomic E-state index is 0.132. The van der Waals surface area contributed by atoms with Crippen molar-refractivity contribution in [2.45, 2.75) is 19.8 Å². The molecule has 0 aliphatic heterocycles. The Morgan fingerprint density at radius 3 is 2.18 bits per heavy atom. The van der Waals surface area contributed by atoms with Crippen LogP contribution in [-0.2, 0) is 19.1 Å². The van der Waals surface area contributed by atoms with Crippen molar-refractivity contribution in [3.8, 4) is 0 Å². The number of carbonyl (C=O) groups is 4. The van der Waals surface area contributed by atoms with Crippen molar-refractivity contribution in [1.82, 2.24) is 10.9 Å². The number of benzene rings is 1. The smallest absolute Gasteiger partial charge is 0.315 e. The lowest BCUT2D eigenvalue weighted by atomic mass is 10.2. The fourth-order valence-corrected chi connectivity index (χ4v) is 1.40. The van der Waals surface area contributed by atoms with Crippen LogP contribution in [0.15, 0.2) is 24.3 Å². The highest BCUT2D eigenvalue weighted by Gasteiger charge is 2.11. The maximum atomic E-state index is 11.8. The molecule has 0 radical (unpaired) electrons. The van der Waals surface area contributed by atoms with Gasteiger partial charge in [0.2, 0.25) is 11.8 Å². The minimum Gasteiger partial charge on any atom is -0.469 e. The monoisotopic (exact) mass is 307 g/mol. The summed E-state index contributed by atoms with van der Waals surface area (Å²) in [6.45, 7) is 1.73. The first-order valence-corrected chi connectivity index (χ1v) is 6.52. The van der Waals surface area contributed by atoms with Crippen LogP contribution in [-0.4, -0.2) is 30.8 Å². The van der Waals surface area contributed by atoms with Gasteiger partial charge in [0.1, 0.15) is 6.42 Å². The van der Waals surface area contributed by atoms with E-state index in [-0.39, 0.29) is 11.5 Å². The van der Waals surface area contributed by atoms with E-state index in [1.807, 2.05) is 0 Å². The molecule has 8 heteroatoms. The average molecular weight is 307 g/mol. The van der Waals surface area contributed by atoms with Crippen LogP contribution < -0.4 is 16.2 Å². The number of rotatable bonds is 5. The molecule has 0 aliphatic rings. The van der Waals surface area contributed by atoms with Gasteiger partial charge in [-0.25, -0.2) is 0 Å². The third-order valence-electron chi connectivity index (χ3n) is 2.60. The quantitative estimate of drug-likeness (QED) is 0.413. The van der Waals surface area contributed by atoms with Crippen LogP contribution in [0.1, 0.15) is 30.1 Å². The summed E-state index contributed by atoms with van der Waals surface area (Å²) in [5.41, 5.74) is 5.11. The average Bonchev–Trinajstić information content (AvgIpc) is 2.52. The summed E-state index contributed by atoms with van der Waals surface area (Å²) >= 11 is 0. The second kappa shape index (κ2) is 8.40. The summed E-state index contributed by atoms with van der Waals surface area (Å²) in [5, 5.41) is 2.64. The number of nitrogens with one attached hydrogen (secondary N) is 3. The number of anilines is 1. The lowest BCUT2D eigenvalue weighted by molar-refractivity contribution is -0.144. The van der Waals surface area contributed by atoms with Gasteiger partial charge < -0.3 is 10.1 Å². The third kappa shape index (κ3) is 5.61. The van der Waals surface area contributed by atoms with E-state index in [0.29, 0.717) is 12.1 Å². The van der Waals surface area contributed by atoms with Gasteiger partial charge in [-0.3, -0.25) is 30.0 Å². The normalized spacial score (nSPS) is 9.55. The number of hydrazine groups is 1. The van der Waals surface area contributed by atoms with E-state index >= 15 is 0 Å². The van der Waals surface area contributed by atoms with Gasteiger partial charge in [0.15, 0.2) is 0 Å². The van der Waals surface area contributed by atoms with E-state index in [2.05, 4.69) is 20.9 Å². The first kappa shape index (κ1) is 17.2. The summed E-state index contributed by atoms with van der Waals surface area (Å²) in [7, 11) is 1.16. The van der Waals surface area contributed by atoms with Gasteiger partial charge in [-0.05, 0) is 24.3 Å². The lowest BCUT2D eigenvalue weighted by Crippen LogP contribution is -2.42. The Morgan fingerprint density at radius 1 is 1.00 bits per heavy atom. The molecule has 22 heavy (non-hydrogen) atoms. The van der Waals surface area contributed by atoms with Crippen LogP contribution in [0, 0.1) is 0 Å². The van der Waals surface area contributed by atoms with Crippen LogP contribution >= 0.6 is 0 Å². The number of hydrogen-bond acceptors (Lipinski definition) is 5. The highest BCUT2D eigenvalue weighted by Crippen LogP contribution is 2.09. The Balaban J connectivity index is 2.50. The second-order valence-electron chi connectivity index (χ2n) is 4.23. The number of carbonyl (C=O) groups excluding carboxylic acids is 4. The molecule has 0 spiro atoms. The van der Waals surface area contributed by atoms with Gasteiger partial charge in [-0.2, -0.15) is 0 Å². The van der Waals surface area contributed by atoms with Gasteiger partial charge >= 0.3 is 5.97 Å². The Kier molecular flexibility index (Phi) is 6.55. The number of hydrogen-bond donors (Lipinski definition) is 3. The van der Waals surface area contributed by atoms with Crippen molar-refractivity contribution in [3.63, 3.8) is 0 Å². The number of amides is 3. The van der Waals surface area contributed by atoms with Crippen molar-refractivity contribution in [3.05, 3.63) is 29.8 Å². The summed E-state index contributed by atoms with van der Waals surface area (Å²) < 4.78 is 4.32. The molecule has 118 valence electrons. The van der Waals surface area contributed by atoms with Crippen LogP contribution in [0.4, 0.5) is 5.69 Å². The number of esters is 1. The van der Waals surface area contributed by atoms with Crippen LogP contribution in [0.25, 0.3) is 0 Å². The Morgan fingerprint density at radius 2 is 1.64 bits per heavy atom. The van der Waals surface area contributed by atoms with Gasteiger partial charge in [-0.1, -0.05) is 6.92 Å². The third-order valence-corrected chi connectivity index (χ3v) is 2.60. The zero-order chi connectivity index (χ0) is 16.5. The summed E-state index contributed by atoms with van der Waals surface area (Å²) in [6, 6.07) is 6.12. The molecule has 0 atom stereocenters.